The Bertz CT molecular complexity index is 982. The third kappa shape index (κ3) is 3.35. The first-order valence-corrected chi connectivity index (χ1v) is 9.42. The van der Waals surface area contributed by atoms with Crippen molar-refractivity contribution in [3.63, 3.8) is 0 Å². The minimum Gasteiger partial charge on any atom is -0.481 e. The highest BCUT2D eigenvalue weighted by Crippen LogP contribution is 2.34. The Labute approximate surface area is 159 Å². The van der Waals surface area contributed by atoms with Gasteiger partial charge in [-0.25, -0.2) is 4.98 Å². The lowest BCUT2D eigenvalue weighted by Crippen LogP contribution is -2.30. The minimum absolute atomic E-state index is 0.188. The molecular weight excluding hydrogens is 364 g/mol. The number of hydrogen-bond acceptors (Lipinski definition) is 5. The van der Waals surface area contributed by atoms with Gasteiger partial charge in [0.15, 0.2) is 0 Å². The summed E-state index contributed by atoms with van der Waals surface area (Å²) >= 11 is 1.38. The van der Waals surface area contributed by atoms with E-state index in [-0.39, 0.29) is 18.4 Å². The Morgan fingerprint density at radius 3 is 2.67 bits per heavy atom. The number of carboxylic acid groups (broad SMARTS) is 1. The van der Waals surface area contributed by atoms with Crippen LogP contribution >= 0.6 is 11.3 Å². The van der Waals surface area contributed by atoms with Gasteiger partial charge in [0.2, 0.25) is 0 Å². The van der Waals surface area contributed by atoms with E-state index in [9.17, 15) is 14.7 Å². The van der Waals surface area contributed by atoms with Crippen molar-refractivity contribution in [1.82, 2.24) is 19.7 Å². The summed E-state index contributed by atoms with van der Waals surface area (Å²) in [6.45, 7) is 0.563. The zero-order valence-electron chi connectivity index (χ0n) is 14.6. The summed E-state index contributed by atoms with van der Waals surface area (Å²) in [5, 5.41) is 16.2. The van der Waals surface area contributed by atoms with Gasteiger partial charge in [-0.15, -0.1) is 11.3 Å². The van der Waals surface area contributed by atoms with Crippen molar-refractivity contribution >= 4 is 23.2 Å². The van der Waals surface area contributed by atoms with Crippen LogP contribution in [0.5, 0.6) is 0 Å². The highest BCUT2D eigenvalue weighted by Gasteiger charge is 2.41. The van der Waals surface area contributed by atoms with E-state index in [4.69, 9.17) is 0 Å². The minimum atomic E-state index is -0.881. The second-order valence-corrected chi connectivity index (χ2v) is 7.47. The van der Waals surface area contributed by atoms with Crippen molar-refractivity contribution in [1.29, 1.82) is 0 Å². The molecule has 1 saturated heterocycles. The molecule has 0 aliphatic carbocycles. The van der Waals surface area contributed by atoms with E-state index in [2.05, 4.69) is 10.1 Å². The van der Waals surface area contributed by atoms with Gasteiger partial charge in [-0.2, -0.15) is 5.10 Å². The van der Waals surface area contributed by atoms with Crippen LogP contribution in [0.3, 0.4) is 0 Å². The van der Waals surface area contributed by atoms with Crippen LogP contribution in [0, 0.1) is 5.92 Å². The Balaban J connectivity index is 1.56. The van der Waals surface area contributed by atoms with Crippen LogP contribution in [0.2, 0.25) is 0 Å². The fourth-order valence-electron chi connectivity index (χ4n) is 3.46. The highest BCUT2D eigenvalue weighted by molar-refractivity contribution is 7.13. The molecule has 1 amide bonds. The first-order chi connectivity index (χ1) is 13.0. The fourth-order valence-corrected chi connectivity index (χ4v) is 4.23. The molecule has 3 aromatic rings. The Hall–Kier alpha value is -3.00. The van der Waals surface area contributed by atoms with Gasteiger partial charge >= 0.3 is 5.97 Å². The monoisotopic (exact) mass is 382 g/mol. The molecule has 27 heavy (non-hydrogen) atoms. The number of nitrogens with zero attached hydrogens (tertiary/aromatic N) is 4. The van der Waals surface area contributed by atoms with Gasteiger partial charge in [0.25, 0.3) is 5.91 Å². The van der Waals surface area contributed by atoms with Crippen molar-refractivity contribution in [2.75, 3.05) is 13.1 Å². The predicted molar refractivity (Wildman–Crippen MR) is 101 cm³/mol. The average molecular weight is 382 g/mol. The van der Waals surface area contributed by atoms with Crippen molar-refractivity contribution in [3.05, 3.63) is 59.4 Å². The molecule has 7 nitrogen and oxygen atoms in total. The maximum Gasteiger partial charge on any atom is 0.308 e. The lowest BCUT2D eigenvalue weighted by Gasteiger charge is -2.15. The molecule has 0 spiro atoms. The summed E-state index contributed by atoms with van der Waals surface area (Å²) in [6, 6.07) is 9.50. The Morgan fingerprint density at radius 1 is 1.22 bits per heavy atom. The summed E-state index contributed by atoms with van der Waals surface area (Å²) in [7, 11) is 1.82. The number of hydrogen-bond donors (Lipinski definition) is 1. The van der Waals surface area contributed by atoms with E-state index in [0.29, 0.717) is 12.2 Å². The average Bonchev–Trinajstić information content (AvgIpc) is 3.40. The molecule has 1 aromatic carbocycles. The van der Waals surface area contributed by atoms with Gasteiger partial charge in [-0.1, -0.05) is 30.3 Å². The molecule has 1 aliphatic rings. The fraction of sp³-hybridized carbons (Fsp3) is 0.263. The zero-order valence-corrected chi connectivity index (χ0v) is 15.5. The second kappa shape index (κ2) is 6.96. The van der Waals surface area contributed by atoms with Crippen LogP contribution in [0.4, 0.5) is 0 Å². The molecule has 0 saturated carbocycles. The lowest BCUT2D eigenvalue weighted by atomic mass is 9.89. The number of carboxylic acids is 1. The maximum absolute atomic E-state index is 12.9. The Morgan fingerprint density at radius 2 is 2.00 bits per heavy atom. The molecule has 2 atom stereocenters. The number of benzene rings is 1. The van der Waals surface area contributed by atoms with E-state index in [1.54, 1.807) is 21.2 Å². The van der Waals surface area contributed by atoms with E-state index in [1.807, 2.05) is 43.6 Å². The van der Waals surface area contributed by atoms with Crippen molar-refractivity contribution < 1.29 is 14.7 Å². The van der Waals surface area contributed by atoms with Gasteiger partial charge in [0.1, 0.15) is 10.7 Å². The summed E-state index contributed by atoms with van der Waals surface area (Å²) in [6.07, 6.45) is 3.55. The second-order valence-electron chi connectivity index (χ2n) is 6.61. The summed E-state index contributed by atoms with van der Waals surface area (Å²) in [5.74, 6) is -1.95. The van der Waals surface area contributed by atoms with Gasteiger partial charge < -0.3 is 10.0 Å². The SMILES string of the molecule is Cn1cc(-c2nc(C(=O)N3C[C@H](C(=O)O)[C@H](c4ccccc4)C3)cs2)cn1. The number of aryl methyl sites for hydroxylation is 1. The third-order valence-corrected chi connectivity index (χ3v) is 5.72. The number of rotatable bonds is 4. The number of carbonyl (C=O) groups is 2. The standard InChI is InChI=1S/C19H18N4O3S/c1-22-8-13(7-20-22)17-21-16(11-27-17)18(24)23-9-14(15(10-23)19(25)26)12-5-3-2-4-6-12/h2-8,11,14-15H,9-10H2,1H3,(H,25,26)/t14-,15-/m0/s1. The number of aromatic nitrogens is 3. The first kappa shape index (κ1) is 17.4. The highest BCUT2D eigenvalue weighted by atomic mass is 32.1. The van der Waals surface area contributed by atoms with Crippen molar-refractivity contribution in [2.45, 2.75) is 5.92 Å². The Kier molecular flexibility index (Phi) is 4.49. The third-order valence-electron chi connectivity index (χ3n) is 4.83. The summed E-state index contributed by atoms with van der Waals surface area (Å²) < 4.78 is 1.68. The van der Waals surface area contributed by atoms with E-state index in [0.717, 1.165) is 16.1 Å². The molecule has 4 rings (SSSR count). The normalized spacial score (nSPS) is 19.4. The van der Waals surface area contributed by atoms with Gasteiger partial charge in [-0.05, 0) is 5.56 Å². The van der Waals surface area contributed by atoms with Crippen LogP contribution in [0.25, 0.3) is 10.6 Å². The molecule has 138 valence electrons. The van der Waals surface area contributed by atoms with Crippen molar-refractivity contribution in [2.24, 2.45) is 13.0 Å². The van der Waals surface area contributed by atoms with E-state index >= 15 is 0 Å². The lowest BCUT2D eigenvalue weighted by molar-refractivity contribution is -0.141. The molecule has 1 aliphatic heterocycles. The first-order valence-electron chi connectivity index (χ1n) is 8.54. The molecule has 2 aromatic heterocycles. The zero-order chi connectivity index (χ0) is 19.0. The van der Waals surface area contributed by atoms with Crippen LogP contribution in [-0.2, 0) is 11.8 Å². The molecule has 8 heteroatoms. The van der Waals surface area contributed by atoms with Crippen LogP contribution in [0.15, 0.2) is 48.1 Å². The quantitative estimate of drug-likeness (QED) is 0.749. The molecular formula is C19H18N4O3S. The summed E-state index contributed by atoms with van der Waals surface area (Å²) in [5.41, 5.74) is 2.14. The smallest absolute Gasteiger partial charge is 0.308 e. The van der Waals surface area contributed by atoms with Crippen LogP contribution in [-0.4, -0.2) is 49.7 Å². The molecule has 0 unspecified atom stereocenters. The number of thiazole rings is 1. The summed E-state index contributed by atoms with van der Waals surface area (Å²) in [4.78, 5) is 30.6. The molecule has 0 radical (unpaired) electrons. The van der Waals surface area contributed by atoms with Crippen LogP contribution in [0.1, 0.15) is 22.0 Å². The van der Waals surface area contributed by atoms with E-state index in [1.165, 1.54) is 11.3 Å². The number of aliphatic carboxylic acids is 1. The van der Waals surface area contributed by atoms with Crippen molar-refractivity contribution in [3.8, 4) is 10.6 Å². The predicted octanol–water partition coefficient (Wildman–Crippen LogP) is 2.48. The number of carbonyl (C=O) groups excluding carboxylic acids is 1. The van der Waals surface area contributed by atoms with Gasteiger partial charge in [-0.3, -0.25) is 14.3 Å². The van der Waals surface area contributed by atoms with Gasteiger partial charge in [0, 0.05) is 43.2 Å². The number of likely N-dealkylation sites (tertiary alicyclic amines) is 1. The van der Waals surface area contributed by atoms with E-state index < -0.39 is 11.9 Å². The molecule has 1 fully saturated rings. The topological polar surface area (TPSA) is 88.3 Å². The van der Waals surface area contributed by atoms with Gasteiger partial charge in [0.05, 0.1) is 12.1 Å². The molecule has 0 bridgehead atoms. The number of amides is 1. The molecule has 3 heterocycles. The maximum atomic E-state index is 12.9. The van der Waals surface area contributed by atoms with Crippen LogP contribution < -0.4 is 0 Å². The largest absolute Gasteiger partial charge is 0.481 e. The molecule has 1 N–H and O–H groups in total.